The van der Waals surface area contributed by atoms with Gasteiger partial charge in [-0.15, -0.1) is 0 Å². The van der Waals surface area contributed by atoms with Gasteiger partial charge in [-0.1, -0.05) is 23.7 Å². The predicted octanol–water partition coefficient (Wildman–Crippen LogP) is 2.70. The first-order valence-corrected chi connectivity index (χ1v) is 7.59. The standard InChI is InChI=1S/C16H17ClN2O3/c1-10-12-4-3-5-13(17)15(12)22-14(10)16(21)19-8-6-18(7-9-19)11(2)20/h3-5H,6-9H2,1-2H3. The summed E-state index contributed by atoms with van der Waals surface area (Å²) in [6, 6.07) is 5.48. The lowest BCUT2D eigenvalue weighted by molar-refractivity contribution is -0.130. The number of fused-ring (bicyclic) bond motifs is 1. The summed E-state index contributed by atoms with van der Waals surface area (Å²) in [6.07, 6.45) is 0. The van der Waals surface area contributed by atoms with Crippen molar-refractivity contribution in [3.05, 3.63) is 34.5 Å². The van der Waals surface area contributed by atoms with Gasteiger partial charge >= 0.3 is 0 Å². The van der Waals surface area contributed by atoms with Crippen LogP contribution in [0.3, 0.4) is 0 Å². The molecular weight excluding hydrogens is 304 g/mol. The Balaban J connectivity index is 1.86. The lowest BCUT2D eigenvalue weighted by atomic mass is 10.1. The highest BCUT2D eigenvalue weighted by molar-refractivity contribution is 6.35. The van der Waals surface area contributed by atoms with Gasteiger partial charge in [-0.25, -0.2) is 0 Å². The molecule has 0 unspecified atom stereocenters. The van der Waals surface area contributed by atoms with Crippen LogP contribution in [0.1, 0.15) is 23.0 Å². The molecule has 1 aliphatic rings. The Hall–Kier alpha value is -2.01. The number of hydrogen-bond donors (Lipinski definition) is 0. The molecule has 3 rings (SSSR count). The number of carbonyl (C=O) groups is 2. The van der Waals surface area contributed by atoms with Crippen molar-refractivity contribution in [2.45, 2.75) is 13.8 Å². The second-order valence-corrected chi connectivity index (χ2v) is 5.88. The summed E-state index contributed by atoms with van der Waals surface area (Å²) in [4.78, 5) is 27.5. The van der Waals surface area contributed by atoms with E-state index in [1.54, 1.807) is 22.8 Å². The van der Waals surface area contributed by atoms with Crippen LogP contribution in [0.15, 0.2) is 22.6 Å². The number of amides is 2. The Morgan fingerprint density at radius 3 is 2.36 bits per heavy atom. The molecule has 22 heavy (non-hydrogen) atoms. The molecule has 1 aliphatic heterocycles. The zero-order valence-corrected chi connectivity index (χ0v) is 13.3. The molecule has 0 radical (unpaired) electrons. The lowest BCUT2D eigenvalue weighted by Gasteiger charge is -2.33. The van der Waals surface area contributed by atoms with E-state index in [0.717, 1.165) is 10.9 Å². The molecule has 0 bridgehead atoms. The molecule has 2 amide bonds. The van der Waals surface area contributed by atoms with E-state index in [-0.39, 0.29) is 11.8 Å². The van der Waals surface area contributed by atoms with Gasteiger partial charge in [-0.2, -0.15) is 0 Å². The van der Waals surface area contributed by atoms with Gasteiger partial charge in [0, 0.05) is 44.1 Å². The fraction of sp³-hybridized carbons (Fsp3) is 0.375. The summed E-state index contributed by atoms with van der Waals surface area (Å²) in [5, 5.41) is 1.36. The molecule has 116 valence electrons. The number of benzene rings is 1. The van der Waals surface area contributed by atoms with Gasteiger partial charge in [0.15, 0.2) is 11.3 Å². The van der Waals surface area contributed by atoms with Crippen LogP contribution in [0.2, 0.25) is 5.02 Å². The van der Waals surface area contributed by atoms with Crippen LogP contribution in [0.5, 0.6) is 0 Å². The number of para-hydroxylation sites is 1. The molecule has 6 heteroatoms. The van der Waals surface area contributed by atoms with Gasteiger partial charge in [-0.05, 0) is 13.0 Å². The molecule has 0 aliphatic carbocycles. The van der Waals surface area contributed by atoms with Crippen molar-refractivity contribution < 1.29 is 14.0 Å². The number of nitrogens with zero attached hydrogens (tertiary/aromatic N) is 2. The Labute approximate surface area is 133 Å². The first-order chi connectivity index (χ1) is 10.5. The summed E-state index contributed by atoms with van der Waals surface area (Å²) in [6.45, 7) is 5.55. The van der Waals surface area contributed by atoms with E-state index < -0.39 is 0 Å². The predicted molar refractivity (Wildman–Crippen MR) is 84.1 cm³/mol. The molecule has 0 saturated carbocycles. The van der Waals surface area contributed by atoms with Crippen molar-refractivity contribution in [1.82, 2.24) is 9.80 Å². The normalized spacial score (nSPS) is 15.4. The van der Waals surface area contributed by atoms with Crippen molar-refractivity contribution in [3.8, 4) is 0 Å². The highest BCUT2D eigenvalue weighted by atomic mass is 35.5. The van der Waals surface area contributed by atoms with E-state index in [9.17, 15) is 9.59 Å². The minimum absolute atomic E-state index is 0.0406. The maximum atomic E-state index is 12.7. The lowest BCUT2D eigenvalue weighted by Crippen LogP contribution is -2.50. The Bertz CT molecular complexity index is 745. The number of rotatable bonds is 1. The topological polar surface area (TPSA) is 53.8 Å². The minimum atomic E-state index is -0.145. The van der Waals surface area contributed by atoms with E-state index in [1.165, 1.54) is 0 Å². The van der Waals surface area contributed by atoms with Gasteiger partial charge < -0.3 is 14.2 Å². The maximum absolute atomic E-state index is 12.7. The molecule has 1 saturated heterocycles. The van der Waals surface area contributed by atoms with Crippen LogP contribution in [0, 0.1) is 6.92 Å². The van der Waals surface area contributed by atoms with Crippen LogP contribution in [-0.2, 0) is 4.79 Å². The van der Waals surface area contributed by atoms with E-state index in [0.29, 0.717) is 42.5 Å². The van der Waals surface area contributed by atoms with Gasteiger partial charge in [-0.3, -0.25) is 9.59 Å². The Morgan fingerprint density at radius 1 is 1.14 bits per heavy atom. The number of furan rings is 1. The number of hydrogen-bond acceptors (Lipinski definition) is 3. The van der Waals surface area contributed by atoms with E-state index in [2.05, 4.69) is 0 Å². The fourth-order valence-electron chi connectivity index (χ4n) is 2.78. The molecule has 0 atom stereocenters. The van der Waals surface area contributed by atoms with Gasteiger partial charge in [0.2, 0.25) is 5.91 Å². The zero-order chi connectivity index (χ0) is 15.9. The van der Waals surface area contributed by atoms with Crippen LogP contribution in [0.25, 0.3) is 11.0 Å². The summed E-state index contributed by atoms with van der Waals surface area (Å²) in [5.74, 6) is 0.228. The molecule has 1 aromatic heterocycles. The summed E-state index contributed by atoms with van der Waals surface area (Å²) < 4.78 is 5.72. The first-order valence-electron chi connectivity index (χ1n) is 7.21. The Morgan fingerprint density at radius 2 is 1.77 bits per heavy atom. The van der Waals surface area contributed by atoms with E-state index >= 15 is 0 Å². The van der Waals surface area contributed by atoms with Crippen LogP contribution >= 0.6 is 11.6 Å². The van der Waals surface area contributed by atoms with Gasteiger partial charge in [0.05, 0.1) is 5.02 Å². The SMILES string of the molecule is CC(=O)N1CCN(C(=O)c2oc3c(Cl)cccc3c2C)CC1. The number of carbonyl (C=O) groups excluding carboxylic acids is 2. The highest BCUT2D eigenvalue weighted by Crippen LogP contribution is 2.31. The largest absolute Gasteiger partial charge is 0.449 e. The zero-order valence-electron chi connectivity index (χ0n) is 12.6. The average molecular weight is 321 g/mol. The second kappa shape index (κ2) is 5.65. The number of aryl methyl sites for hydroxylation is 1. The van der Waals surface area contributed by atoms with Crippen molar-refractivity contribution in [3.63, 3.8) is 0 Å². The maximum Gasteiger partial charge on any atom is 0.290 e. The monoisotopic (exact) mass is 320 g/mol. The van der Waals surface area contributed by atoms with Crippen molar-refractivity contribution in [1.29, 1.82) is 0 Å². The smallest absolute Gasteiger partial charge is 0.290 e. The van der Waals surface area contributed by atoms with Crippen LogP contribution in [0.4, 0.5) is 0 Å². The molecule has 0 spiro atoms. The summed E-state index contributed by atoms with van der Waals surface area (Å²) in [5.41, 5.74) is 1.35. The quantitative estimate of drug-likeness (QED) is 0.811. The van der Waals surface area contributed by atoms with Crippen LogP contribution in [-0.4, -0.2) is 47.8 Å². The third-order valence-corrected chi connectivity index (χ3v) is 4.42. The Kier molecular flexibility index (Phi) is 3.83. The fourth-order valence-corrected chi connectivity index (χ4v) is 2.99. The number of piperazine rings is 1. The first kappa shape index (κ1) is 14.9. The van der Waals surface area contributed by atoms with Crippen molar-refractivity contribution >= 4 is 34.4 Å². The van der Waals surface area contributed by atoms with Gasteiger partial charge in [0.1, 0.15) is 0 Å². The third kappa shape index (κ3) is 2.46. The molecule has 1 aromatic carbocycles. The molecule has 5 nitrogen and oxygen atoms in total. The summed E-state index contributed by atoms with van der Waals surface area (Å²) >= 11 is 6.12. The summed E-state index contributed by atoms with van der Waals surface area (Å²) in [7, 11) is 0. The van der Waals surface area contributed by atoms with Crippen LogP contribution < -0.4 is 0 Å². The van der Waals surface area contributed by atoms with E-state index in [1.807, 2.05) is 19.1 Å². The molecule has 2 aromatic rings. The minimum Gasteiger partial charge on any atom is -0.449 e. The van der Waals surface area contributed by atoms with Crippen molar-refractivity contribution in [2.24, 2.45) is 0 Å². The third-order valence-electron chi connectivity index (χ3n) is 4.12. The molecule has 2 heterocycles. The second-order valence-electron chi connectivity index (χ2n) is 5.47. The highest BCUT2D eigenvalue weighted by Gasteiger charge is 2.27. The molecule has 0 N–H and O–H groups in total. The van der Waals surface area contributed by atoms with Gasteiger partial charge in [0.25, 0.3) is 5.91 Å². The van der Waals surface area contributed by atoms with E-state index in [4.69, 9.17) is 16.0 Å². The molecular formula is C16H17ClN2O3. The average Bonchev–Trinajstić information content (AvgIpc) is 2.85. The van der Waals surface area contributed by atoms with Crippen molar-refractivity contribution in [2.75, 3.05) is 26.2 Å². The number of halogens is 1. The molecule has 1 fully saturated rings.